The van der Waals surface area contributed by atoms with Gasteiger partial charge >= 0.3 is 18.0 Å². The van der Waals surface area contributed by atoms with Crippen molar-refractivity contribution in [3.8, 4) is 17.1 Å². The minimum Gasteiger partial charge on any atom is -0.759 e. The molecule has 1 aromatic heterocycles. The third-order valence-corrected chi connectivity index (χ3v) is 11.0. The first-order valence-electron chi connectivity index (χ1n) is 20.1. The standard InChI is InChI=1S/C43H52Cl2N5O14/c1-22(2)27(20-34(53)31(10-12-36(54)55)47-39(58)24(14-16-63-62)17-23(3)51)40(59)48-32(21-37(56)57)33(52)13-15-43(4,5)50(6)42(61)64-35-11-8-26(45)19-29(35)38-46-30-9-7-25(44)18-28(30)41(60)49-38/h7-9,11,16,18-19,22,24,27,31-32,62H,10,12-15,17,20-21H2,1-6H3,(H,47,58)(H,48,59)(H,54,55)(H,56,57)(H,46,49,60)/q-1/p-1/t24-,27+,31+,32+/m1/s1. The SMILES string of the molecule is CC(=O)C[C@@H](C[CH-]O[O-])C(=O)N[C@@H](CCC(=O)O)C(=O)C[C@H](C(=O)N[C@@H](CC(=O)O)C(=O)CCC(C)(C)N(C)C(=O)Oc1ccc(Cl)cc1-c1nc2ccc(Cl)cc2c(=O)[nH]1)C(C)C. The second-order valence-electron chi connectivity index (χ2n) is 16.2. The van der Waals surface area contributed by atoms with Crippen LogP contribution >= 0.6 is 23.2 Å². The molecule has 0 aliphatic rings. The molecule has 0 spiro atoms. The van der Waals surface area contributed by atoms with Gasteiger partial charge in [-0.1, -0.05) is 37.0 Å². The second-order valence-corrected chi connectivity index (χ2v) is 17.1. The zero-order valence-corrected chi connectivity index (χ0v) is 37.5. The van der Waals surface area contributed by atoms with E-state index in [0.29, 0.717) is 10.5 Å². The van der Waals surface area contributed by atoms with E-state index in [0.717, 1.165) is 6.61 Å². The van der Waals surface area contributed by atoms with Crippen LogP contribution in [0, 0.1) is 24.4 Å². The molecule has 3 amide bonds. The van der Waals surface area contributed by atoms with Gasteiger partial charge in [0.25, 0.3) is 5.56 Å². The van der Waals surface area contributed by atoms with Gasteiger partial charge in [0.2, 0.25) is 11.8 Å². The van der Waals surface area contributed by atoms with E-state index in [2.05, 4.69) is 25.5 Å². The lowest BCUT2D eigenvalue weighted by Crippen LogP contribution is -2.49. The normalized spacial score (nSPS) is 13.3. The molecule has 0 aliphatic heterocycles. The van der Waals surface area contributed by atoms with Crippen LogP contribution in [0.25, 0.3) is 22.3 Å². The van der Waals surface area contributed by atoms with Crippen molar-refractivity contribution in [2.45, 2.75) is 104 Å². The molecule has 3 aromatic rings. The number of nitrogens with zero attached hydrogens (tertiary/aromatic N) is 2. The first-order valence-corrected chi connectivity index (χ1v) is 20.8. The molecule has 1 heterocycles. The summed E-state index contributed by atoms with van der Waals surface area (Å²) >= 11 is 12.3. The molecule has 19 nitrogen and oxygen atoms in total. The van der Waals surface area contributed by atoms with Crippen molar-refractivity contribution >= 4 is 81.3 Å². The number of hydrogen-bond donors (Lipinski definition) is 5. The van der Waals surface area contributed by atoms with Crippen LogP contribution in [0.1, 0.15) is 86.0 Å². The average Bonchev–Trinajstić information content (AvgIpc) is 3.21. The van der Waals surface area contributed by atoms with Gasteiger partial charge in [0.15, 0.2) is 11.6 Å². The fraction of sp³-hybridized carbons (Fsp3) is 0.465. The third kappa shape index (κ3) is 15.5. The Bertz CT molecular complexity index is 2300. The van der Waals surface area contributed by atoms with Gasteiger partial charge < -0.3 is 50.4 Å². The van der Waals surface area contributed by atoms with E-state index in [4.69, 9.17) is 27.9 Å². The van der Waals surface area contributed by atoms with Gasteiger partial charge in [-0.2, -0.15) is 0 Å². The van der Waals surface area contributed by atoms with Crippen LogP contribution < -0.4 is 26.2 Å². The summed E-state index contributed by atoms with van der Waals surface area (Å²) in [5.74, 6) is -9.06. The molecule has 21 heteroatoms. The quantitative estimate of drug-likeness (QED) is 0.0446. The number of halogens is 2. The van der Waals surface area contributed by atoms with Gasteiger partial charge in [-0.05, 0) is 75.9 Å². The number of benzene rings is 2. The smallest absolute Gasteiger partial charge is 0.415 e. The number of aromatic nitrogens is 2. The summed E-state index contributed by atoms with van der Waals surface area (Å²) in [6.45, 7) is 8.41. The molecule has 3 rings (SSSR count). The summed E-state index contributed by atoms with van der Waals surface area (Å²) in [6, 6.07) is 5.91. The van der Waals surface area contributed by atoms with E-state index in [1.807, 2.05) is 0 Å². The van der Waals surface area contributed by atoms with Gasteiger partial charge in [0.05, 0.1) is 35.0 Å². The first kappa shape index (κ1) is 52.6. The van der Waals surface area contributed by atoms with E-state index in [-0.39, 0.29) is 59.7 Å². The highest BCUT2D eigenvalue weighted by Crippen LogP contribution is 2.32. The Balaban J connectivity index is 1.75. The van der Waals surface area contributed by atoms with Crippen molar-refractivity contribution in [1.82, 2.24) is 25.5 Å². The number of carbonyl (C=O) groups excluding carboxylic acids is 6. The van der Waals surface area contributed by atoms with Crippen LogP contribution in [0.4, 0.5) is 4.79 Å². The predicted octanol–water partition coefficient (Wildman–Crippen LogP) is 4.43. The lowest BCUT2D eigenvalue weighted by atomic mass is 9.86. The first-order chi connectivity index (χ1) is 29.9. The summed E-state index contributed by atoms with van der Waals surface area (Å²) in [5.41, 5.74) is -1.11. The highest BCUT2D eigenvalue weighted by molar-refractivity contribution is 6.31. The maximum absolute atomic E-state index is 13.7. The van der Waals surface area contributed by atoms with E-state index in [1.165, 1.54) is 43.1 Å². The molecule has 0 radical (unpaired) electrons. The lowest BCUT2D eigenvalue weighted by molar-refractivity contribution is -0.676. The Kier molecular flexibility index (Phi) is 19.5. The van der Waals surface area contributed by atoms with Crippen LogP contribution in [0.2, 0.25) is 10.0 Å². The van der Waals surface area contributed by atoms with Crippen molar-refractivity contribution in [1.29, 1.82) is 0 Å². The van der Waals surface area contributed by atoms with Gasteiger partial charge in [-0.15, -0.1) is 6.42 Å². The number of carboxylic acids is 2. The summed E-state index contributed by atoms with van der Waals surface area (Å²) in [5, 5.41) is 35.2. The van der Waals surface area contributed by atoms with Gasteiger partial charge in [0.1, 0.15) is 17.4 Å². The fourth-order valence-corrected chi connectivity index (χ4v) is 6.89. The largest absolute Gasteiger partial charge is 0.759 e. The Morgan fingerprint density at radius 1 is 0.891 bits per heavy atom. The van der Waals surface area contributed by atoms with Crippen molar-refractivity contribution < 1.29 is 63.5 Å². The monoisotopic (exact) mass is 931 g/mol. The molecule has 64 heavy (non-hydrogen) atoms. The van der Waals surface area contributed by atoms with Gasteiger partial charge in [-0.25, -0.2) is 16.4 Å². The van der Waals surface area contributed by atoms with E-state index in [1.54, 1.807) is 39.8 Å². The molecule has 2 aromatic carbocycles. The number of carboxylic acid groups (broad SMARTS) is 2. The van der Waals surface area contributed by atoms with Crippen LogP contribution in [-0.4, -0.2) is 96.9 Å². The maximum Gasteiger partial charge on any atom is 0.415 e. The molecule has 0 unspecified atom stereocenters. The molecule has 0 saturated heterocycles. The number of amides is 3. The maximum atomic E-state index is 13.7. The van der Waals surface area contributed by atoms with Crippen molar-refractivity contribution in [2.24, 2.45) is 17.8 Å². The van der Waals surface area contributed by atoms with Crippen LogP contribution in [0.15, 0.2) is 41.2 Å². The number of hydrogen-bond acceptors (Lipinski definition) is 13. The molecular weight excluding hydrogens is 881 g/mol. The Hall–Kier alpha value is -5.76. The van der Waals surface area contributed by atoms with Crippen molar-refractivity contribution in [3.63, 3.8) is 0 Å². The van der Waals surface area contributed by atoms with E-state index in [9.17, 15) is 58.6 Å². The summed E-state index contributed by atoms with van der Waals surface area (Å²) in [6.07, 6.45) is -4.14. The number of ether oxygens (including phenoxy) is 1. The molecule has 4 atom stereocenters. The Labute approximate surface area is 378 Å². The lowest BCUT2D eigenvalue weighted by Gasteiger charge is -2.35. The number of ketones is 3. The molecule has 0 fully saturated rings. The molecule has 0 bridgehead atoms. The minimum absolute atomic E-state index is 0.00987. The molecular formula is C43H51Cl2N5O14-2. The van der Waals surface area contributed by atoms with Gasteiger partial charge in [0, 0.05) is 60.2 Å². The van der Waals surface area contributed by atoms with Crippen molar-refractivity contribution in [3.05, 3.63) is 63.4 Å². The molecule has 5 N–H and O–H groups in total. The van der Waals surface area contributed by atoms with Gasteiger partial charge in [-0.3, -0.25) is 33.6 Å². The second kappa shape index (κ2) is 23.8. The van der Waals surface area contributed by atoms with Crippen molar-refractivity contribution in [2.75, 3.05) is 7.05 Å². The van der Waals surface area contributed by atoms with Crippen LogP contribution in [0.5, 0.6) is 5.75 Å². The number of nitrogens with one attached hydrogen (secondary N) is 3. The molecule has 0 aliphatic carbocycles. The summed E-state index contributed by atoms with van der Waals surface area (Å²) < 4.78 is 5.74. The summed E-state index contributed by atoms with van der Waals surface area (Å²) in [4.78, 5) is 128. The predicted molar refractivity (Wildman–Crippen MR) is 230 cm³/mol. The topological polar surface area (TPSA) is 292 Å². The van der Waals surface area contributed by atoms with E-state index >= 15 is 0 Å². The zero-order chi connectivity index (χ0) is 48.1. The molecule has 0 saturated carbocycles. The van der Waals surface area contributed by atoms with E-state index < -0.39 is 107 Å². The minimum atomic E-state index is -1.56. The van der Waals surface area contributed by atoms with Crippen LogP contribution in [0.3, 0.4) is 0 Å². The highest BCUT2D eigenvalue weighted by Gasteiger charge is 2.36. The number of fused-ring (bicyclic) bond motifs is 1. The number of aromatic amines is 1. The number of aliphatic carboxylic acids is 2. The number of Topliss-reactive ketones (excluding diaryl/α,β-unsaturated/α-hetero) is 3. The Morgan fingerprint density at radius 2 is 1.53 bits per heavy atom. The zero-order valence-electron chi connectivity index (χ0n) is 36.0. The third-order valence-electron chi connectivity index (χ3n) is 10.6. The fourth-order valence-electron chi connectivity index (χ4n) is 6.54. The number of carbonyl (C=O) groups is 8. The highest BCUT2D eigenvalue weighted by atomic mass is 35.5. The average molecular weight is 933 g/mol. The number of rotatable bonds is 25. The van der Waals surface area contributed by atoms with Crippen LogP contribution in [-0.2, 0) is 38.4 Å². The summed E-state index contributed by atoms with van der Waals surface area (Å²) in [7, 11) is 1.41. The molecule has 348 valence electrons. The number of H-pyrrole nitrogens is 1. The Morgan fingerprint density at radius 3 is 2.14 bits per heavy atom.